The summed E-state index contributed by atoms with van der Waals surface area (Å²) >= 11 is 0. The van der Waals surface area contributed by atoms with E-state index in [9.17, 15) is 9.00 Å². The average Bonchev–Trinajstić information content (AvgIpc) is 3.12. The first-order valence-corrected chi connectivity index (χ1v) is 10.3. The van der Waals surface area contributed by atoms with Crippen molar-refractivity contribution in [3.63, 3.8) is 0 Å². The summed E-state index contributed by atoms with van der Waals surface area (Å²) < 4.78 is 14.9. The van der Waals surface area contributed by atoms with E-state index in [1.807, 2.05) is 65.0 Å². The highest BCUT2D eigenvalue weighted by molar-refractivity contribution is 7.82. The van der Waals surface area contributed by atoms with Crippen molar-refractivity contribution >= 4 is 22.8 Å². The Labute approximate surface area is 157 Å². The SMILES string of the molecule is CC1CCN(S(=O)c2cccc(C(=O)C3C=Cc4ccccc43)c2)CC1. The summed E-state index contributed by atoms with van der Waals surface area (Å²) in [7, 11) is -1.20. The Balaban J connectivity index is 1.56. The summed E-state index contributed by atoms with van der Waals surface area (Å²) in [6.07, 6.45) is 6.12. The number of nitrogens with zero attached hydrogens (tertiary/aromatic N) is 1. The molecule has 134 valence electrons. The summed E-state index contributed by atoms with van der Waals surface area (Å²) in [4.78, 5) is 13.8. The highest BCUT2D eigenvalue weighted by atomic mass is 32.2. The zero-order chi connectivity index (χ0) is 18.1. The van der Waals surface area contributed by atoms with E-state index in [4.69, 9.17) is 0 Å². The number of fused-ring (bicyclic) bond motifs is 1. The highest BCUT2D eigenvalue weighted by Crippen LogP contribution is 2.33. The van der Waals surface area contributed by atoms with Crippen LogP contribution in [0, 0.1) is 5.92 Å². The summed E-state index contributed by atoms with van der Waals surface area (Å²) in [6.45, 7) is 3.95. The van der Waals surface area contributed by atoms with Crippen molar-refractivity contribution < 1.29 is 9.00 Å². The lowest BCUT2D eigenvalue weighted by atomic mass is 9.92. The van der Waals surface area contributed by atoms with Gasteiger partial charge in [0.1, 0.15) is 11.0 Å². The summed E-state index contributed by atoms with van der Waals surface area (Å²) in [5.41, 5.74) is 2.79. The topological polar surface area (TPSA) is 37.4 Å². The van der Waals surface area contributed by atoms with Gasteiger partial charge in [-0.3, -0.25) is 4.79 Å². The first kappa shape index (κ1) is 17.4. The van der Waals surface area contributed by atoms with Crippen LogP contribution in [0.15, 0.2) is 59.5 Å². The molecule has 1 fully saturated rings. The minimum atomic E-state index is -1.20. The fraction of sp³-hybridized carbons (Fsp3) is 0.318. The Bertz CT molecular complexity index is 881. The number of rotatable bonds is 4. The molecule has 0 saturated carbocycles. The van der Waals surface area contributed by atoms with Gasteiger partial charge in [0.2, 0.25) is 0 Å². The molecule has 1 aliphatic carbocycles. The van der Waals surface area contributed by atoms with Gasteiger partial charge in [-0.05, 0) is 42.0 Å². The molecule has 2 atom stereocenters. The molecule has 4 heteroatoms. The molecule has 1 heterocycles. The van der Waals surface area contributed by atoms with Gasteiger partial charge in [0.25, 0.3) is 0 Å². The van der Waals surface area contributed by atoms with Gasteiger partial charge in [0.05, 0.1) is 10.8 Å². The molecule has 2 aliphatic rings. The molecule has 2 aromatic rings. The average molecular weight is 365 g/mol. The Morgan fingerprint density at radius 3 is 2.65 bits per heavy atom. The van der Waals surface area contributed by atoms with Crippen molar-refractivity contribution in [3.05, 3.63) is 71.3 Å². The molecule has 3 nitrogen and oxygen atoms in total. The van der Waals surface area contributed by atoms with E-state index in [0.717, 1.165) is 42.0 Å². The van der Waals surface area contributed by atoms with Gasteiger partial charge in [0.15, 0.2) is 5.78 Å². The Morgan fingerprint density at radius 1 is 1.08 bits per heavy atom. The Morgan fingerprint density at radius 2 is 1.85 bits per heavy atom. The monoisotopic (exact) mass is 365 g/mol. The van der Waals surface area contributed by atoms with E-state index in [1.54, 1.807) is 0 Å². The molecule has 0 radical (unpaired) electrons. The summed E-state index contributed by atoms with van der Waals surface area (Å²) in [5, 5.41) is 0. The van der Waals surface area contributed by atoms with Gasteiger partial charge in [-0.15, -0.1) is 0 Å². The van der Waals surface area contributed by atoms with Crippen LogP contribution >= 0.6 is 0 Å². The Hall–Kier alpha value is -2.04. The summed E-state index contributed by atoms with van der Waals surface area (Å²) in [5.74, 6) is 0.522. The molecule has 0 amide bonds. The number of ketones is 1. The number of allylic oxidation sites excluding steroid dienone is 1. The van der Waals surface area contributed by atoms with Crippen molar-refractivity contribution in [2.75, 3.05) is 13.1 Å². The maximum absolute atomic E-state index is 13.0. The van der Waals surface area contributed by atoms with E-state index in [2.05, 4.69) is 6.92 Å². The maximum atomic E-state index is 13.0. The molecule has 0 spiro atoms. The van der Waals surface area contributed by atoms with E-state index < -0.39 is 11.0 Å². The standard InChI is InChI=1S/C22H23NO2S/c1-16-11-13-23(14-12-16)26(25)19-7-4-6-18(15-19)22(24)21-10-9-17-5-2-3-8-20(17)21/h2-10,15-16,21H,11-14H2,1H3. The minimum Gasteiger partial charge on any atom is -0.293 e. The number of carbonyl (C=O) groups is 1. The lowest BCUT2D eigenvalue weighted by molar-refractivity contribution is 0.0977. The van der Waals surface area contributed by atoms with Crippen LogP contribution in [0.3, 0.4) is 0 Å². The molecule has 4 rings (SSSR count). The first-order chi connectivity index (χ1) is 12.6. The zero-order valence-corrected chi connectivity index (χ0v) is 15.7. The molecule has 1 saturated heterocycles. The van der Waals surface area contributed by atoms with Crippen LogP contribution in [-0.4, -0.2) is 27.4 Å². The van der Waals surface area contributed by atoms with Gasteiger partial charge in [-0.25, -0.2) is 8.51 Å². The number of hydrogen-bond acceptors (Lipinski definition) is 2. The summed E-state index contributed by atoms with van der Waals surface area (Å²) in [6, 6.07) is 15.3. The third-order valence-electron chi connectivity index (χ3n) is 5.38. The number of Topliss-reactive ketones (excluding diaryl/α,β-unsaturated/α-hetero) is 1. The number of carbonyl (C=O) groups excluding carboxylic acids is 1. The lowest BCUT2D eigenvalue weighted by Crippen LogP contribution is -2.34. The Kier molecular flexibility index (Phi) is 4.88. The second-order valence-corrected chi connectivity index (χ2v) is 8.70. The lowest BCUT2D eigenvalue weighted by Gasteiger charge is -2.28. The van der Waals surface area contributed by atoms with E-state index in [1.165, 1.54) is 0 Å². The van der Waals surface area contributed by atoms with Crippen LogP contribution in [0.2, 0.25) is 0 Å². The number of hydrogen-bond donors (Lipinski definition) is 0. The van der Waals surface area contributed by atoms with Crippen molar-refractivity contribution in [3.8, 4) is 0 Å². The molecule has 2 unspecified atom stereocenters. The molecule has 0 bridgehead atoms. The van der Waals surface area contributed by atoms with Crippen molar-refractivity contribution in [2.24, 2.45) is 5.92 Å². The van der Waals surface area contributed by atoms with E-state index in [0.29, 0.717) is 11.5 Å². The second kappa shape index (κ2) is 7.29. The largest absolute Gasteiger partial charge is 0.293 e. The fourth-order valence-electron chi connectivity index (χ4n) is 3.72. The molecule has 0 aromatic heterocycles. The van der Waals surface area contributed by atoms with Crippen LogP contribution in [0.4, 0.5) is 0 Å². The van der Waals surface area contributed by atoms with Gasteiger partial charge in [0, 0.05) is 18.7 Å². The van der Waals surface area contributed by atoms with Crippen LogP contribution in [0.25, 0.3) is 6.08 Å². The van der Waals surface area contributed by atoms with Crippen molar-refractivity contribution in [1.82, 2.24) is 4.31 Å². The van der Waals surface area contributed by atoms with Gasteiger partial charge >= 0.3 is 0 Å². The maximum Gasteiger partial charge on any atom is 0.174 e. The number of benzene rings is 2. The van der Waals surface area contributed by atoms with Crippen LogP contribution in [0.1, 0.15) is 47.2 Å². The molecular formula is C22H23NO2S. The third kappa shape index (κ3) is 3.31. The predicted octanol–water partition coefficient (Wildman–Crippen LogP) is 4.43. The predicted molar refractivity (Wildman–Crippen MR) is 105 cm³/mol. The molecular weight excluding hydrogens is 342 g/mol. The quantitative estimate of drug-likeness (QED) is 0.752. The van der Waals surface area contributed by atoms with Crippen LogP contribution < -0.4 is 0 Å². The van der Waals surface area contributed by atoms with Gasteiger partial charge < -0.3 is 0 Å². The highest BCUT2D eigenvalue weighted by Gasteiger charge is 2.26. The normalized spacial score (nSPS) is 21.5. The third-order valence-corrected chi connectivity index (χ3v) is 6.87. The van der Waals surface area contributed by atoms with Crippen LogP contribution in [0.5, 0.6) is 0 Å². The smallest absolute Gasteiger partial charge is 0.174 e. The second-order valence-electron chi connectivity index (χ2n) is 7.22. The van der Waals surface area contributed by atoms with Gasteiger partial charge in [-0.2, -0.15) is 0 Å². The van der Waals surface area contributed by atoms with E-state index in [-0.39, 0.29) is 11.7 Å². The number of piperidine rings is 1. The molecule has 26 heavy (non-hydrogen) atoms. The first-order valence-electron chi connectivity index (χ1n) is 9.22. The fourth-order valence-corrected chi connectivity index (χ4v) is 4.98. The molecule has 1 aliphatic heterocycles. The van der Waals surface area contributed by atoms with Crippen molar-refractivity contribution in [1.29, 1.82) is 0 Å². The molecule has 0 N–H and O–H groups in total. The molecule has 2 aromatic carbocycles. The van der Waals surface area contributed by atoms with E-state index >= 15 is 0 Å². The minimum absolute atomic E-state index is 0.0670. The van der Waals surface area contributed by atoms with Crippen molar-refractivity contribution in [2.45, 2.75) is 30.6 Å². The van der Waals surface area contributed by atoms with Crippen LogP contribution in [-0.2, 0) is 11.0 Å². The van der Waals surface area contributed by atoms with Gasteiger partial charge in [-0.1, -0.05) is 55.5 Å². The zero-order valence-electron chi connectivity index (χ0n) is 14.9.